The minimum atomic E-state index is -0.704. The summed E-state index contributed by atoms with van der Waals surface area (Å²) in [6.45, 7) is 4.08. The third kappa shape index (κ3) is 3.07. The fourth-order valence-corrected chi connectivity index (χ4v) is 5.28. The van der Waals surface area contributed by atoms with E-state index in [4.69, 9.17) is 4.74 Å². The molecule has 2 amide bonds. The number of amides is 2. The molecule has 7 heteroatoms. The number of halogens is 1. The number of likely N-dealkylation sites (N-methyl/N-ethyl adjacent to an activating group) is 1. The zero-order valence-electron chi connectivity index (χ0n) is 16.6. The van der Waals surface area contributed by atoms with Gasteiger partial charge in [0, 0.05) is 26.2 Å². The van der Waals surface area contributed by atoms with Crippen molar-refractivity contribution in [3.63, 3.8) is 0 Å². The Kier molecular flexibility index (Phi) is 4.47. The van der Waals surface area contributed by atoms with Gasteiger partial charge in [-0.25, -0.2) is 4.39 Å². The lowest BCUT2D eigenvalue weighted by atomic mass is 9.76. The molecule has 154 valence electrons. The predicted octanol–water partition coefficient (Wildman–Crippen LogP) is 1.27. The lowest BCUT2D eigenvalue weighted by Gasteiger charge is -2.29. The number of hydrogen-bond acceptors (Lipinski definition) is 4. The van der Waals surface area contributed by atoms with Crippen molar-refractivity contribution in [1.29, 1.82) is 0 Å². The third-order valence-corrected chi connectivity index (χ3v) is 6.78. The van der Waals surface area contributed by atoms with Gasteiger partial charge in [0.05, 0.1) is 24.5 Å². The van der Waals surface area contributed by atoms with E-state index >= 15 is 0 Å². The summed E-state index contributed by atoms with van der Waals surface area (Å²) in [4.78, 5) is 32.6. The molecule has 3 saturated heterocycles. The first-order chi connectivity index (χ1) is 14.0. The van der Waals surface area contributed by atoms with Gasteiger partial charge < -0.3 is 19.4 Å². The van der Waals surface area contributed by atoms with Gasteiger partial charge in [-0.05, 0) is 37.7 Å². The molecule has 2 bridgehead atoms. The van der Waals surface area contributed by atoms with Crippen molar-refractivity contribution in [3.05, 3.63) is 47.8 Å². The summed E-state index contributed by atoms with van der Waals surface area (Å²) in [5.41, 5.74) is 0.165. The molecule has 1 spiro atoms. The fraction of sp³-hybridized carbons (Fsp3) is 0.545. The van der Waals surface area contributed by atoms with Crippen LogP contribution in [0.25, 0.3) is 0 Å². The standard InChI is InChI=1S/C22H26FN3O3/c1-24-9-2-10-25(12-11-24)20(27)18-17-7-8-22(29-17)14-26(21(28)19(18)22)13-15-3-5-16(23)6-4-15/h3-8,17-19H,2,9-14H2,1H3/t17-,18-,19-,22-/m0/s1. The smallest absolute Gasteiger partial charge is 0.230 e. The highest BCUT2D eigenvalue weighted by Crippen LogP contribution is 2.52. The Morgan fingerprint density at radius 3 is 2.79 bits per heavy atom. The second kappa shape index (κ2) is 6.92. The minimum absolute atomic E-state index is 0.0357. The van der Waals surface area contributed by atoms with Gasteiger partial charge in [0.1, 0.15) is 11.4 Å². The number of nitrogens with zero attached hydrogens (tertiary/aromatic N) is 3. The van der Waals surface area contributed by atoms with Gasteiger partial charge in [-0.3, -0.25) is 9.59 Å². The lowest BCUT2D eigenvalue weighted by Crippen LogP contribution is -2.47. The lowest BCUT2D eigenvalue weighted by molar-refractivity contribution is -0.143. The average Bonchev–Trinajstić information content (AvgIpc) is 3.27. The number of rotatable bonds is 3. The molecule has 1 aromatic rings. The van der Waals surface area contributed by atoms with Gasteiger partial charge in [-0.2, -0.15) is 0 Å². The first kappa shape index (κ1) is 18.8. The molecule has 29 heavy (non-hydrogen) atoms. The van der Waals surface area contributed by atoms with Crippen molar-refractivity contribution in [2.45, 2.75) is 24.7 Å². The van der Waals surface area contributed by atoms with E-state index in [1.807, 2.05) is 17.1 Å². The SMILES string of the molecule is CN1CCCN(C(=O)[C@H]2[C@@H]3C=C[C@@]4(CN(Cc5ccc(F)cc5)C(=O)[C@H]24)O3)CC1. The fourth-order valence-electron chi connectivity index (χ4n) is 5.28. The molecule has 0 aromatic heterocycles. The molecule has 4 aliphatic rings. The van der Waals surface area contributed by atoms with Crippen LogP contribution in [-0.2, 0) is 20.9 Å². The molecule has 4 aliphatic heterocycles. The normalized spacial score (nSPS) is 34.0. The summed E-state index contributed by atoms with van der Waals surface area (Å²) in [7, 11) is 2.07. The molecule has 0 unspecified atom stereocenters. The number of carbonyl (C=O) groups is 2. The number of ether oxygens (including phenoxy) is 1. The van der Waals surface area contributed by atoms with Gasteiger partial charge in [-0.15, -0.1) is 0 Å². The Labute approximate surface area is 169 Å². The van der Waals surface area contributed by atoms with Gasteiger partial charge in [0.25, 0.3) is 0 Å². The Balaban J connectivity index is 1.36. The molecule has 4 atom stereocenters. The molecular weight excluding hydrogens is 373 g/mol. The number of carbonyl (C=O) groups excluding carboxylic acids is 2. The summed E-state index contributed by atoms with van der Waals surface area (Å²) in [6, 6.07) is 6.19. The summed E-state index contributed by atoms with van der Waals surface area (Å²) in [5, 5.41) is 0. The molecule has 0 saturated carbocycles. The first-order valence-corrected chi connectivity index (χ1v) is 10.3. The summed E-state index contributed by atoms with van der Waals surface area (Å²) >= 11 is 0. The Morgan fingerprint density at radius 2 is 2.00 bits per heavy atom. The van der Waals surface area contributed by atoms with Crippen molar-refractivity contribution < 1.29 is 18.7 Å². The Bertz CT molecular complexity index is 857. The van der Waals surface area contributed by atoms with Gasteiger partial charge >= 0.3 is 0 Å². The van der Waals surface area contributed by atoms with E-state index in [-0.39, 0.29) is 23.7 Å². The predicted molar refractivity (Wildman–Crippen MR) is 104 cm³/mol. The monoisotopic (exact) mass is 399 g/mol. The topological polar surface area (TPSA) is 53.1 Å². The average molecular weight is 399 g/mol. The van der Waals surface area contributed by atoms with E-state index in [2.05, 4.69) is 11.9 Å². The number of hydrogen-bond donors (Lipinski definition) is 0. The first-order valence-electron chi connectivity index (χ1n) is 10.3. The van der Waals surface area contributed by atoms with Gasteiger partial charge in [0.2, 0.25) is 11.8 Å². The second-order valence-corrected chi connectivity index (χ2v) is 8.70. The number of likely N-dealkylation sites (tertiary alicyclic amines) is 1. The van der Waals surface area contributed by atoms with Crippen LogP contribution in [0.4, 0.5) is 4.39 Å². The van der Waals surface area contributed by atoms with Crippen LogP contribution in [-0.4, -0.2) is 78.0 Å². The summed E-state index contributed by atoms with van der Waals surface area (Å²) in [5.74, 6) is -1.21. The van der Waals surface area contributed by atoms with Crippen molar-refractivity contribution in [1.82, 2.24) is 14.7 Å². The third-order valence-electron chi connectivity index (χ3n) is 6.78. The van der Waals surface area contributed by atoms with E-state index in [1.54, 1.807) is 17.0 Å². The molecule has 1 aromatic carbocycles. The highest BCUT2D eigenvalue weighted by molar-refractivity contribution is 5.93. The van der Waals surface area contributed by atoms with E-state index < -0.39 is 17.4 Å². The van der Waals surface area contributed by atoms with Crippen molar-refractivity contribution in [2.24, 2.45) is 11.8 Å². The van der Waals surface area contributed by atoms with Crippen LogP contribution >= 0.6 is 0 Å². The maximum Gasteiger partial charge on any atom is 0.230 e. The van der Waals surface area contributed by atoms with Crippen LogP contribution in [0.5, 0.6) is 0 Å². The van der Waals surface area contributed by atoms with Crippen molar-refractivity contribution in [2.75, 3.05) is 39.8 Å². The highest BCUT2D eigenvalue weighted by Gasteiger charge is 2.67. The summed E-state index contributed by atoms with van der Waals surface area (Å²) in [6.07, 6.45) is 4.56. The van der Waals surface area contributed by atoms with Crippen LogP contribution in [0.15, 0.2) is 36.4 Å². The van der Waals surface area contributed by atoms with Crippen LogP contribution < -0.4 is 0 Å². The van der Waals surface area contributed by atoms with Gasteiger partial charge in [0.15, 0.2) is 0 Å². The van der Waals surface area contributed by atoms with E-state index in [0.29, 0.717) is 19.6 Å². The zero-order chi connectivity index (χ0) is 20.2. The molecule has 5 rings (SSSR count). The Morgan fingerprint density at radius 1 is 1.21 bits per heavy atom. The van der Waals surface area contributed by atoms with Crippen LogP contribution in [0.3, 0.4) is 0 Å². The maximum absolute atomic E-state index is 13.4. The van der Waals surface area contributed by atoms with Crippen molar-refractivity contribution in [3.8, 4) is 0 Å². The maximum atomic E-state index is 13.4. The second-order valence-electron chi connectivity index (χ2n) is 8.70. The quantitative estimate of drug-likeness (QED) is 0.719. The molecule has 3 fully saturated rings. The van der Waals surface area contributed by atoms with E-state index in [1.165, 1.54) is 12.1 Å². The summed E-state index contributed by atoms with van der Waals surface area (Å²) < 4.78 is 19.4. The van der Waals surface area contributed by atoms with Crippen LogP contribution in [0, 0.1) is 17.7 Å². The van der Waals surface area contributed by atoms with Crippen LogP contribution in [0.2, 0.25) is 0 Å². The molecule has 0 aliphatic carbocycles. The minimum Gasteiger partial charge on any atom is -0.360 e. The largest absolute Gasteiger partial charge is 0.360 e. The number of fused-ring (bicyclic) bond motifs is 1. The van der Waals surface area contributed by atoms with Crippen LogP contribution in [0.1, 0.15) is 12.0 Å². The molecule has 4 heterocycles. The highest BCUT2D eigenvalue weighted by atomic mass is 19.1. The molecule has 0 N–H and O–H groups in total. The zero-order valence-corrected chi connectivity index (χ0v) is 16.6. The van der Waals surface area contributed by atoms with E-state index in [9.17, 15) is 14.0 Å². The molecular formula is C22H26FN3O3. The van der Waals surface area contributed by atoms with Gasteiger partial charge in [-0.1, -0.05) is 24.3 Å². The number of benzene rings is 1. The van der Waals surface area contributed by atoms with Crippen molar-refractivity contribution >= 4 is 11.8 Å². The molecule has 0 radical (unpaired) electrons. The van der Waals surface area contributed by atoms with E-state index in [0.717, 1.165) is 31.6 Å². The molecule has 6 nitrogen and oxygen atoms in total. The Hall–Kier alpha value is -2.25.